The lowest BCUT2D eigenvalue weighted by Crippen LogP contribution is -2.17. The van der Waals surface area contributed by atoms with Crippen molar-refractivity contribution in [2.75, 3.05) is 17.2 Å². The fraction of sp³-hybridized carbons (Fsp3) is 0.769. The molecule has 0 aromatic carbocycles. The Bertz CT molecular complexity index is 360. The molecule has 1 saturated carbocycles. The molecule has 1 aliphatic carbocycles. The Morgan fingerprint density at radius 3 is 2.83 bits per heavy atom. The van der Waals surface area contributed by atoms with Crippen molar-refractivity contribution < 1.29 is 0 Å². The lowest BCUT2D eigenvalue weighted by molar-refractivity contribution is 0.605. The van der Waals surface area contributed by atoms with Gasteiger partial charge in [0.2, 0.25) is 5.95 Å². The van der Waals surface area contributed by atoms with Crippen LogP contribution in [-0.2, 0) is 0 Å². The second kappa shape index (κ2) is 6.52. The highest BCUT2D eigenvalue weighted by molar-refractivity contribution is 5.37. The number of nitrogens with zero attached hydrogens (tertiary/aromatic N) is 3. The minimum atomic E-state index is 0.560. The van der Waals surface area contributed by atoms with Crippen molar-refractivity contribution in [3.8, 4) is 0 Å². The van der Waals surface area contributed by atoms with Crippen molar-refractivity contribution in [2.45, 2.75) is 52.0 Å². The molecule has 0 amide bonds. The third-order valence-electron chi connectivity index (χ3n) is 3.27. The van der Waals surface area contributed by atoms with Crippen LogP contribution < -0.4 is 10.6 Å². The van der Waals surface area contributed by atoms with Crippen LogP contribution in [0.2, 0.25) is 0 Å². The van der Waals surface area contributed by atoms with Gasteiger partial charge in [0.15, 0.2) is 5.82 Å². The second-order valence-corrected chi connectivity index (χ2v) is 5.40. The molecule has 1 aromatic heterocycles. The van der Waals surface area contributed by atoms with Gasteiger partial charge in [-0.2, -0.15) is 10.1 Å². The summed E-state index contributed by atoms with van der Waals surface area (Å²) in [6.45, 7) is 5.31. The fourth-order valence-electron chi connectivity index (χ4n) is 2.20. The maximum atomic E-state index is 4.44. The summed E-state index contributed by atoms with van der Waals surface area (Å²) >= 11 is 0. The zero-order valence-corrected chi connectivity index (χ0v) is 11.3. The number of rotatable bonds is 6. The summed E-state index contributed by atoms with van der Waals surface area (Å²) in [5, 5.41) is 14.6. The molecule has 1 heterocycles. The third kappa shape index (κ3) is 4.13. The number of hydrogen-bond acceptors (Lipinski definition) is 5. The molecule has 2 N–H and O–H groups in total. The van der Waals surface area contributed by atoms with E-state index in [1.54, 1.807) is 6.20 Å². The molecule has 1 aliphatic rings. The molecular weight excluding hydrogens is 226 g/mol. The first kappa shape index (κ1) is 13.1. The molecule has 0 aliphatic heterocycles. The van der Waals surface area contributed by atoms with Gasteiger partial charge in [-0.3, -0.25) is 0 Å². The van der Waals surface area contributed by atoms with Crippen molar-refractivity contribution >= 4 is 11.8 Å². The standard InChI is InChI=1S/C13H23N5/c1-10(2)7-8-14-13-17-12(9-15-18-13)16-11-5-3-4-6-11/h9-11H,3-8H2,1-2H3,(H2,14,16,17,18). The van der Waals surface area contributed by atoms with E-state index in [2.05, 4.69) is 39.7 Å². The lowest BCUT2D eigenvalue weighted by Gasteiger charge is -2.12. The van der Waals surface area contributed by atoms with Crippen LogP contribution in [0.3, 0.4) is 0 Å². The van der Waals surface area contributed by atoms with Gasteiger partial charge in [-0.25, -0.2) is 0 Å². The largest absolute Gasteiger partial charge is 0.366 e. The summed E-state index contributed by atoms with van der Waals surface area (Å²) in [5.41, 5.74) is 0. The zero-order valence-electron chi connectivity index (χ0n) is 11.3. The normalized spacial score (nSPS) is 16.2. The molecule has 0 bridgehead atoms. The van der Waals surface area contributed by atoms with E-state index in [9.17, 15) is 0 Å². The summed E-state index contributed by atoms with van der Waals surface area (Å²) in [5.74, 6) is 2.15. The van der Waals surface area contributed by atoms with Crippen molar-refractivity contribution in [3.05, 3.63) is 6.20 Å². The molecule has 5 nitrogen and oxygen atoms in total. The summed E-state index contributed by atoms with van der Waals surface area (Å²) in [4.78, 5) is 4.44. The minimum absolute atomic E-state index is 0.560. The summed E-state index contributed by atoms with van der Waals surface area (Å²) in [6.07, 6.45) is 7.92. The highest BCUT2D eigenvalue weighted by atomic mass is 15.3. The fourth-order valence-corrected chi connectivity index (χ4v) is 2.20. The van der Waals surface area contributed by atoms with Crippen molar-refractivity contribution in [1.29, 1.82) is 0 Å². The molecular formula is C13H23N5. The van der Waals surface area contributed by atoms with Crippen LogP contribution >= 0.6 is 0 Å². The predicted molar refractivity (Wildman–Crippen MR) is 73.7 cm³/mol. The van der Waals surface area contributed by atoms with E-state index >= 15 is 0 Å². The van der Waals surface area contributed by atoms with E-state index in [0.29, 0.717) is 17.9 Å². The average Bonchev–Trinajstić information content (AvgIpc) is 2.82. The first-order valence-corrected chi connectivity index (χ1v) is 6.94. The maximum absolute atomic E-state index is 4.44. The minimum Gasteiger partial charge on any atom is -0.366 e. The highest BCUT2D eigenvalue weighted by Gasteiger charge is 2.15. The van der Waals surface area contributed by atoms with E-state index in [0.717, 1.165) is 18.8 Å². The van der Waals surface area contributed by atoms with Crippen LogP contribution in [0, 0.1) is 5.92 Å². The van der Waals surface area contributed by atoms with E-state index < -0.39 is 0 Å². The summed E-state index contributed by atoms with van der Waals surface area (Å²) in [6, 6.07) is 0.560. The van der Waals surface area contributed by atoms with Crippen LogP contribution in [0.15, 0.2) is 6.20 Å². The zero-order chi connectivity index (χ0) is 12.8. The van der Waals surface area contributed by atoms with Gasteiger partial charge in [0, 0.05) is 12.6 Å². The molecule has 0 radical (unpaired) electrons. The first-order valence-electron chi connectivity index (χ1n) is 6.94. The Morgan fingerprint density at radius 1 is 1.33 bits per heavy atom. The second-order valence-electron chi connectivity index (χ2n) is 5.40. The van der Waals surface area contributed by atoms with Gasteiger partial charge in [-0.1, -0.05) is 26.7 Å². The predicted octanol–water partition coefficient (Wildman–Crippen LogP) is 2.68. The molecule has 0 atom stereocenters. The lowest BCUT2D eigenvalue weighted by atomic mass is 10.1. The van der Waals surface area contributed by atoms with Gasteiger partial charge in [-0.05, 0) is 25.2 Å². The van der Waals surface area contributed by atoms with Crippen molar-refractivity contribution in [1.82, 2.24) is 15.2 Å². The number of hydrogen-bond donors (Lipinski definition) is 2. The molecule has 5 heteroatoms. The number of nitrogens with one attached hydrogen (secondary N) is 2. The Kier molecular flexibility index (Phi) is 4.73. The Morgan fingerprint density at radius 2 is 2.11 bits per heavy atom. The first-order chi connectivity index (χ1) is 8.74. The molecule has 1 fully saturated rings. The number of anilines is 2. The van der Waals surface area contributed by atoms with Gasteiger partial charge in [0.1, 0.15) is 0 Å². The Hall–Kier alpha value is -1.39. The van der Waals surface area contributed by atoms with Gasteiger partial charge < -0.3 is 10.6 Å². The Balaban J connectivity index is 1.84. The molecule has 0 spiro atoms. The van der Waals surface area contributed by atoms with E-state index in [1.165, 1.54) is 25.7 Å². The van der Waals surface area contributed by atoms with E-state index in [1.807, 2.05) is 0 Å². The quantitative estimate of drug-likeness (QED) is 0.811. The third-order valence-corrected chi connectivity index (χ3v) is 3.27. The highest BCUT2D eigenvalue weighted by Crippen LogP contribution is 2.21. The maximum Gasteiger partial charge on any atom is 0.244 e. The smallest absolute Gasteiger partial charge is 0.244 e. The molecule has 1 aromatic rings. The van der Waals surface area contributed by atoms with Crippen molar-refractivity contribution in [2.24, 2.45) is 5.92 Å². The van der Waals surface area contributed by atoms with Gasteiger partial charge in [-0.15, -0.1) is 5.10 Å². The molecule has 18 heavy (non-hydrogen) atoms. The van der Waals surface area contributed by atoms with E-state index in [-0.39, 0.29) is 0 Å². The Labute approximate surface area is 109 Å². The van der Waals surface area contributed by atoms with Crippen LogP contribution in [0.4, 0.5) is 11.8 Å². The van der Waals surface area contributed by atoms with Crippen LogP contribution in [0.5, 0.6) is 0 Å². The van der Waals surface area contributed by atoms with Crippen LogP contribution in [0.25, 0.3) is 0 Å². The molecule has 0 unspecified atom stereocenters. The summed E-state index contributed by atoms with van der Waals surface area (Å²) in [7, 11) is 0. The van der Waals surface area contributed by atoms with Gasteiger partial charge in [0.25, 0.3) is 0 Å². The van der Waals surface area contributed by atoms with Crippen LogP contribution in [0.1, 0.15) is 46.0 Å². The number of aromatic nitrogens is 3. The van der Waals surface area contributed by atoms with E-state index in [4.69, 9.17) is 0 Å². The molecule has 2 rings (SSSR count). The monoisotopic (exact) mass is 249 g/mol. The van der Waals surface area contributed by atoms with Crippen LogP contribution in [-0.4, -0.2) is 27.8 Å². The topological polar surface area (TPSA) is 62.7 Å². The SMILES string of the molecule is CC(C)CCNc1nncc(NC2CCCC2)n1. The summed E-state index contributed by atoms with van der Waals surface area (Å²) < 4.78 is 0. The molecule has 100 valence electrons. The molecule has 0 saturated heterocycles. The van der Waals surface area contributed by atoms with Gasteiger partial charge in [0.05, 0.1) is 6.20 Å². The van der Waals surface area contributed by atoms with Crippen molar-refractivity contribution in [3.63, 3.8) is 0 Å². The average molecular weight is 249 g/mol. The van der Waals surface area contributed by atoms with Gasteiger partial charge >= 0.3 is 0 Å².